The number of primary amides is 1. The predicted molar refractivity (Wildman–Crippen MR) is 118 cm³/mol. The molecule has 2 unspecified atom stereocenters. The number of aromatic nitrogens is 3. The number of nitrogens with two attached hydrogens (primary N) is 1. The van der Waals surface area contributed by atoms with Crippen LogP contribution < -0.4 is 5.73 Å². The van der Waals surface area contributed by atoms with E-state index in [1.165, 1.54) is 6.42 Å². The van der Waals surface area contributed by atoms with Crippen molar-refractivity contribution in [1.29, 1.82) is 0 Å². The average Bonchev–Trinajstić information content (AvgIpc) is 3.21. The van der Waals surface area contributed by atoms with Crippen LogP contribution in [0.25, 0.3) is 10.9 Å². The highest BCUT2D eigenvalue weighted by Crippen LogP contribution is 2.52. The molecule has 1 aliphatic heterocycles. The normalized spacial score (nSPS) is 27.3. The number of nitrogens with zero attached hydrogens (tertiary/aromatic N) is 3. The van der Waals surface area contributed by atoms with Gasteiger partial charge in [-0.15, -0.1) is 0 Å². The van der Waals surface area contributed by atoms with Crippen molar-refractivity contribution >= 4 is 16.8 Å². The van der Waals surface area contributed by atoms with Crippen LogP contribution in [0.5, 0.6) is 0 Å². The minimum Gasteiger partial charge on any atom is -0.373 e. The first kappa shape index (κ1) is 20.2. The summed E-state index contributed by atoms with van der Waals surface area (Å²) < 4.78 is 6.35. The van der Waals surface area contributed by atoms with Gasteiger partial charge in [0.05, 0.1) is 11.9 Å². The van der Waals surface area contributed by atoms with Crippen molar-refractivity contribution in [1.82, 2.24) is 20.1 Å². The van der Waals surface area contributed by atoms with Crippen LogP contribution in [0.4, 0.5) is 0 Å². The molecule has 3 aromatic rings. The molecule has 5 rings (SSSR count). The molecule has 2 fully saturated rings. The molecule has 3 N–H and O–H groups in total. The van der Waals surface area contributed by atoms with Crippen molar-refractivity contribution in [2.45, 2.75) is 37.8 Å². The average molecular weight is 420 g/mol. The number of hydrogen-bond acceptors (Lipinski definition) is 5. The van der Waals surface area contributed by atoms with E-state index in [4.69, 9.17) is 10.5 Å². The largest absolute Gasteiger partial charge is 0.373 e. The molecule has 7 heteroatoms. The SMILES string of the molecule is COC1(c2cccc(C(N)=O)c2)C2CCCC1CN([C@@H](C)c1[nH]nc3cnccc13)C2. The molecule has 3 heterocycles. The van der Waals surface area contributed by atoms with Gasteiger partial charge in [0.2, 0.25) is 5.91 Å². The number of ether oxygens (including phenoxy) is 1. The van der Waals surface area contributed by atoms with Crippen LogP contribution in [0, 0.1) is 11.8 Å². The van der Waals surface area contributed by atoms with Crippen LogP contribution >= 0.6 is 0 Å². The Labute approximate surface area is 182 Å². The van der Waals surface area contributed by atoms with Crippen LogP contribution in [0.15, 0.2) is 42.7 Å². The van der Waals surface area contributed by atoms with E-state index in [0.29, 0.717) is 17.4 Å². The third kappa shape index (κ3) is 3.15. The summed E-state index contributed by atoms with van der Waals surface area (Å²) >= 11 is 0. The third-order valence-electron chi connectivity index (χ3n) is 7.52. The second-order valence-electron chi connectivity index (χ2n) is 8.93. The first-order valence-electron chi connectivity index (χ1n) is 11.0. The lowest BCUT2D eigenvalue weighted by atomic mass is 9.62. The topological polar surface area (TPSA) is 97.1 Å². The molecular weight excluding hydrogens is 390 g/mol. The molecule has 1 aromatic carbocycles. The first-order valence-corrected chi connectivity index (χ1v) is 11.0. The van der Waals surface area contributed by atoms with E-state index in [2.05, 4.69) is 33.1 Å². The van der Waals surface area contributed by atoms with Crippen molar-refractivity contribution in [3.63, 3.8) is 0 Å². The van der Waals surface area contributed by atoms with Crippen LogP contribution in [-0.4, -0.2) is 46.2 Å². The number of methoxy groups -OCH3 is 1. The number of pyridine rings is 1. The van der Waals surface area contributed by atoms with Gasteiger partial charge in [-0.05, 0) is 43.5 Å². The Bertz CT molecular complexity index is 1100. The molecule has 2 bridgehead atoms. The summed E-state index contributed by atoms with van der Waals surface area (Å²) in [6.45, 7) is 4.10. The molecule has 0 radical (unpaired) electrons. The fourth-order valence-corrected chi connectivity index (χ4v) is 6.01. The van der Waals surface area contributed by atoms with Gasteiger partial charge in [-0.3, -0.25) is 19.8 Å². The number of fused-ring (bicyclic) bond motifs is 3. The molecular formula is C24H29N5O2. The van der Waals surface area contributed by atoms with Crippen molar-refractivity contribution in [3.8, 4) is 0 Å². The van der Waals surface area contributed by atoms with E-state index in [-0.39, 0.29) is 11.6 Å². The van der Waals surface area contributed by atoms with Crippen LogP contribution in [0.3, 0.4) is 0 Å². The number of aromatic amines is 1. The number of H-pyrrole nitrogens is 1. The van der Waals surface area contributed by atoms with Crippen LogP contribution in [0.2, 0.25) is 0 Å². The van der Waals surface area contributed by atoms with Gasteiger partial charge < -0.3 is 10.5 Å². The quantitative estimate of drug-likeness (QED) is 0.661. The maximum atomic E-state index is 11.8. The Morgan fingerprint density at radius 3 is 2.77 bits per heavy atom. The van der Waals surface area contributed by atoms with E-state index in [0.717, 1.165) is 48.1 Å². The molecule has 7 nitrogen and oxygen atoms in total. The molecule has 31 heavy (non-hydrogen) atoms. The lowest BCUT2D eigenvalue weighted by Gasteiger charge is -2.56. The Hall–Kier alpha value is -2.77. The molecule has 3 atom stereocenters. The summed E-state index contributed by atoms with van der Waals surface area (Å²) in [5, 5.41) is 8.82. The van der Waals surface area contributed by atoms with Crippen molar-refractivity contribution < 1.29 is 9.53 Å². The highest BCUT2D eigenvalue weighted by molar-refractivity contribution is 5.93. The summed E-state index contributed by atoms with van der Waals surface area (Å²) in [6.07, 6.45) is 7.02. The smallest absolute Gasteiger partial charge is 0.248 e. The van der Waals surface area contributed by atoms with Crippen LogP contribution in [-0.2, 0) is 10.3 Å². The van der Waals surface area contributed by atoms with Crippen molar-refractivity contribution in [3.05, 3.63) is 59.5 Å². The fraction of sp³-hybridized carbons (Fsp3) is 0.458. The Morgan fingerprint density at radius 1 is 1.29 bits per heavy atom. The molecule has 1 amide bonds. The fourth-order valence-electron chi connectivity index (χ4n) is 6.01. The summed E-state index contributed by atoms with van der Waals surface area (Å²) in [6, 6.07) is 9.97. The zero-order valence-electron chi connectivity index (χ0n) is 18.0. The zero-order chi connectivity index (χ0) is 21.6. The van der Waals surface area contributed by atoms with E-state index in [1.807, 2.05) is 31.5 Å². The summed E-state index contributed by atoms with van der Waals surface area (Å²) in [5.74, 6) is 0.280. The number of carbonyl (C=O) groups is 1. The van der Waals surface area contributed by atoms with Gasteiger partial charge in [-0.1, -0.05) is 18.6 Å². The molecule has 1 aliphatic carbocycles. The minimum atomic E-state index is -0.398. The first-order chi connectivity index (χ1) is 15.0. The van der Waals surface area contributed by atoms with E-state index in [1.54, 1.807) is 12.3 Å². The Morgan fingerprint density at radius 2 is 2.06 bits per heavy atom. The van der Waals surface area contributed by atoms with Crippen LogP contribution in [0.1, 0.15) is 53.8 Å². The number of benzene rings is 1. The number of nitrogens with one attached hydrogen (secondary N) is 1. The summed E-state index contributed by atoms with van der Waals surface area (Å²) in [5.41, 5.74) is 8.83. The van der Waals surface area contributed by atoms with Gasteiger partial charge >= 0.3 is 0 Å². The molecule has 162 valence electrons. The number of piperidine rings is 1. The molecule has 2 aliphatic rings. The lowest BCUT2D eigenvalue weighted by Crippen LogP contribution is -2.59. The maximum Gasteiger partial charge on any atom is 0.248 e. The second kappa shape index (κ2) is 7.73. The van der Waals surface area contributed by atoms with Gasteiger partial charge in [0.15, 0.2) is 0 Å². The minimum absolute atomic E-state index is 0.210. The summed E-state index contributed by atoms with van der Waals surface area (Å²) in [7, 11) is 1.82. The molecule has 1 saturated heterocycles. The lowest BCUT2D eigenvalue weighted by molar-refractivity contribution is -0.174. The van der Waals surface area contributed by atoms with Gasteiger partial charge in [0.1, 0.15) is 11.1 Å². The maximum absolute atomic E-state index is 11.8. The third-order valence-corrected chi connectivity index (χ3v) is 7.52. The highest BCUT2D eigenvalue weighted by Gasteiger charge is 2.53. The van der Waals surface area contributed by atoms with Crippen molar-refractivity contribution in [2.75, 3.05) is 20.2 Å². The van der Waals surface area contributed by atoms with Gasteiger partial charge in [0, 0.05) is 55.2 Å². The van der Waals surface area contributed by atoms with E-state index in [9.17, 15) is 4.79 Å². The molecule has 1 saturated carbocycles. The monoisotopic (exact) mass is 419 g/mol. The summed E-state index contributed by atoms with van der Waals surface area (Å²) in [4.78, 5) is 18.5. The van der Waals surface area contributed by atoms with E-state index >= 15 is 0 Å². The van der Waals surface area contributed by atoms with Crippen molar-refractivity contribution in [2.24, 2.45) is 17.6 Å². The number of likely N-dealkylation sites (tertiary alicyclic amines) is 1. The highest BCUT2D eigenvalue weighted by atomic mass is 16.5. The van der Waals surface area contributed by atoms with Gasteiger partial charge in [-0.2, -0.15) is 5.10 Å². The van der Waals surface area contributed by atoms with E-state index < -0.39 is 5.91 Å². The number of rotatable bonds is 5. The zero-order valence-corrected chi connectivity index (χ0v) is 18.0. The molecule has 2 aromatic heterocycles. The van der Waals surface area contributed by atoms with Gasteiger partial charge in [-0.25, -0.2) is 0 Å². The molecule has 0 spiro atoms. The van der Waals surface area contributed by atoms with Gasteiger partial charge in [0.25, 0.3) is 0 Å². The Kier molecular flexibility index (Phi) is 5.02. The standard InChI is InChI=1S/C24H29N5O2/c1-15(22-20-9-10-26-12-21(20)27-28-22)29-13-18-7-4-8-19(14-29)24(18,31-2)17-6-3-5-16(11-17)23(25)30/h3,5-6,9-12,15,18-19H,4,7-8,13-14H2,1-2H3,(H2,25,30)(H,27,28)/t15-,18?,19?,24?/m0/s1. The second-order valence-corrected chi connectivity index (χ2v) is 8.93. The number of hydrogen-bond donors (Lipinski definition) is 2. The number of carbonyl (C=O) groups excluding carboxylic acids is 1. The number of amides is 1. The predicted octanol–water partition coefficient (Wildman–Crippen LogP) is 3.39. The Balaban J connectivity index is 1.49.